The Morgan fingerprint density at radius 3 is 2.53 bits per heavy atom. The van der Waals surface area contributed by atoms with Crippen LogP contribution in [0, 0.1) is 6.92 Å². The Labute approximate surface area is 209 Å². The molecule has 0 fully saturated rings. The van der Waals surface area contributed by atoms with Crippen molar-refractivity contribution in [2.75, 3.05) is 31.1 Å². The number of nitrogens with zero attached hydrogens (tertiary/aromatic N) is 1. The van der Waals surface area contributed by atoms with E-state index in [1.54, 1.807) is 36.4 Å². The molecule has 2 aliphatic rings. The van der Waals surface area contributed by atoms with E-state index in [1.165, 1.54) is 23.5 Å². The Balaban J connectivity index is 1.34. The summed E-state index contributed by atoms with van der Waals surface area (Å²) in [5.41, 5.74) is 1.25. The minimum absolute atomic E-state index is 0.0855. The number of nitrogens with one attached hydrogen (secondary N) is 1. The van der Waals surface area contributed by atoms with Crippen LogP contribution in [0.4, 0.5) is 5.69 Å². The number of anilines is 1. The molecule has 0 bridgehead atoms. The van der Waals surface area contributed by atoms with Gasteiger partial charge in [0.15, 0.2) is 17.6 Å². The standard InChI is InChI=1S/C26H26N2O7S/c1-17-7-12-21-24(13-17)35-25(15-28(21)36(30,31)20-10-8-18(32-2)9-11-20)26(29)27-14-19-16-33-22-5-3-4-6-23(22)34-19/h3-13,19,25H,14-16H2,1-2H3,(H,27,29)/t19-,25-/m1/s1. The van der Waals surface area contributed by atoms with Gasteiger partial charge in [-0.1, -0.05) is 18.2 Å². The second-order valence-corrected chi connectivity index (χ2v) is 10.4. The number of carbonyl (C=O) groups is 1. The van der Waals surface area contributed by atoms with Crippen LogP contribution in [-0.2, 0) is 14.8 Å². The molecular weight excluding hydrogens is 484 g/mol. The highest BCUT2D eigenvalue weighted by atomic mass is 32.2. The summed E-state index contributed by atoms with van der Waals surface area (Å²) >= 11 is 0. The van der Waals surface area contributed by atoms with E-state index in [0.717, 1.165) is 5.56 Å². The van der Waals surface area contributed by atoms with Gasteiger partial charge in [-0.15, -0.1) is 0 Å². The maximum absolute atomic E-state index is 13.6. The van der Waals surface area contributed by atoms with Crippen LogP contribution in [-0.4, -0.2) is 53.3 Å². The van der Waals surface area contributed by atoms with Crippen molar-refractivity contribution in [2.24, 2.45) is 0 Å². The first-order valence-electron chi connectivity index (χ1n) is 11.5. The number of para-hydroxylation sites is 2. The van der Waals surface area contributed by atoms with Gasteiger partial charge in [0.1, 0.15) is 24.2 Å². The molecule has 0 spiro atoms. The molecule has 2 atom stereocenters. The number of ether oxygens (including phenoxy) is 4. The third kappa shape index (κ3) is 4.64. The molecule has 9 nitrogen and oxygen atoms in total. The molecular formula is C26H26N2O7S. The largest absolute Gasteiger partial charge is 0.497 e. The minimum Gasteiger partial charge on any atom is -0.497 e. The Morgan fingerprint density at radius 2 is 1.78 bits per heavy atom. The summed E-state index contributed by atoms with van der Waals surface area (Å²) in [4.78, 5) is 13.2. The van der Waals surface area contributed by atoms with E-state index in [9.17, 15) is 13.2 Å². The second kappa shape index (κ2) is 9.62. The van der Waals surface area contributed by atoms with Crippen LogP contribution in [0.1, 0.15) is 5.56 Å². The Kier molecular flexibility index (Phi) is 6.36. The summed E-state index contributed by atoms with van der Waals surface area (Å²) in [7, 11) is -2.47. The maximum Gasteiger partial charge on any atom is 0.264 e. The van der Waals surface area contributed by atoms with Crippen molar-refractivity contribution in [2.45, 2.75) is 24.0 Å². The summed E-state index contributed by atoms with van der Waals surface area (Å²) in [6.07, 6.45) is -1.44. The molecule has 0 unspecified atom stereocenters. The van der Waals surface area contributed by atoms with Crippen molar-refractivity contribution >= 4 is 21.6 Å². The van der Waals surface area contributed by atoms with Gasteiger partial charge in [0.05, 0.1) is 30.8 Å². The summed E-state index contributed by atoms with van der Waals surface area (Å²) in [6, 6.07) is 18.6. The third-order valence-electron chi connectivity index (χ3n) is 6.00. The molecule has 188 valence electrons. The summed E-state index contributed by atoms with van der Waals surface area (Å²) < 4.78 is 51.1. The molecule has 3 aromatic rings. The van der Waals surface area contributed by atoms with Crippen molar-refractivity contribution in [3.8, 4) is 23.0 Å². The highest BCUT2D eigenvalue weighted by Gasteiger charge is 2.38. The average Bonchev–Trinajstić information content (AvgIpc) is 2.90. The molecule has 5 rings (SSSR count). The highest BCUT2D eigenvalue weighted by molar-refractivity contribution is 7.92. The lowest BCUT2D eigenvalue weighted by Crippen LogP contribution is -2.52. The van der Waals surface area contributed by atoms with Gasteiger partial charge in [-0.2, -0.15) is 0 Å². The zero-order valence-electron chi connectivity index (χ0n) is 19.8. The van der Waals surface area contributed by atoms with Crippen molar-refractivity contribution in [3.05, 3.63) is 72.3 Å². The van der Waals surface area contributed by atoms with E-state index in [1.807, 2.05) is 25.1 Å². The third-order valence-corrected chi connectivity index (χ3v) is 7.79. The lowest BCUT2D eigenvalue weighted by molar-refractivity contribution is -0.128. The molecule has 0 aromatic heterocycles. The zero-order chi connectivity index (χ0) is 25.3. The van der Waals surface area contributed by atoms with Gasteiger partial charge < -0.3 is 24.3 Å². The normalized spacial score (nSPS) is 18.6. The summed E-state index contributed by atoms with van der Waals surface area (Å²) in [6.45, 7) is 2.15. The van der Waals surface area contributed by atoms with Gasteiger partial charge >= 0.3 is 0 Å². The molecule has 0 radical (unpaired) electrons. The monoisotopic (exact) mass is 510 g/mol. The molecule has 2 heterocycles. The Bertz CT molecular complexity index is 1380. The molecule has 1 N–H and O–H groups in total. The fourth-order valence-electron chi connectivity index (χ4n) is 4.09. The predicted molar refractivity (Wildman–Crippen MR) is 132 cm³/mol. The van der Waals surface area contributed by atoms with Crippen LogP contribution in [0.3, 0.4) is 0 Å². The Hall–Kier alpha value is -3.92. The first-order valence-corrected chi connectivity index (χ1v) is 12.9. The number of hydrogen-bond acceptors (Lipinski definition) is 7. The summed E-state index contributed by atoms with van der Waals surface area (Å²) in [5.74, 6) is 1.69. The fraction of sp³-hybridized carbons (Fsp3) is 0.269. The Morgan fingerprint density at radius 1 is 1.03 bits per heavy atom. The minimum atomic E-state index is -3.98. The molecule has 0 aliphatic carbocycles. The van der Waals surface area contributed by atoms with Crippen LogP contribution < -0.4 is 28.6 Å². The molecule has 1 amide bonds. The number of rotatable bonds is 6. The SMILES string of the molecule is COc1ccc(S(=O)(=O)N2C[C@H](C(=O)NC[C@@H]3COc4ccccc4O3)Oc3cc(C)ccc32)cc1. The number of sulfonamides is 1. The van der Waals surface area contributed by atoms with E-state index in [2.05, 4.69) is 5.32 Å². The number of methoxy groups -OCH3 is 1. The predicted octanol–water partition coefficient (Wildman–Crippen LogP) is 2.92. The zero-order valence-corrected chi connectivity index (χ0v) is 20.7. The number of hydrogen-bond donors (Lipinski definition) is 1. The highest BCUT2D eigenvalue weighted by Crippen LogP contribution is 2.38. The molecule has 36 heavy (non-hydrogen) atoms. The van der Waals surface area contributed by atoms with Gasteiger partial charge in [0, 0.05) is 0 Å². The first-order chi connectivity index (χ1) is 17.3. The van der Waals surface area contributed by atoms with Gasteiger partial charge in [-0.3, -0.25) is 9.10 Å². The van der Waals surface area contributed by atoms with Crippen LogP contribution >= 0.6 is 0 Å². The van der Waals surface area contributed by atoms with E-state index < -0.39 is 22.0 Å². The number of aryl methyl sites for hydroxylation is 1. The molecule has 3 aromatic carbocycles. The van der Waals surface area contributed by atoms with Gasteiger partial charge in [-0.25, -0.2) is 8.42 Å². The quantitative estimate of drug-likeness (QED) is 0.544. The molecule has 0 saturated heterocycles. The van der Waals surface area contributed by atoms with Crippen LogP contribution in [0.15, 0.2) is 71.6 Å². The molecule has 2 aliphatic heterocycles. The van der Waals surface area contributed by atoms with Crippen molar-refractivity contribution in [1.82, 2.24) is 5.32 Å². The lowest BCUT2D eigenvalue weighted by atomic mass is 10.1. The fourth-order valence-corrected chi connectivity index (χ4v) is 5.57. The van der Waals surface area contributed by atoms with Crippen LogP contribution in [0.25, 0.3) is 0 Å². The van der Waals surface area contributed by atoms with Gasteiger partial charge in [0.2, 0.25) is 0 Å². The van der Waals surface area contributed by atoms with Crippen LogP contribution in [0.2, 0.25) is 0 Å². The van der Waals surface area contributed by atoms with Crippen molar-refractivity contribution in [1.29, 1.82) is 0 Å². The van der Waals surface area contributed by atoms with Crippen molar-refractivity contribution in [3.63, 3.8) is 0 Å². The summed E-state index contributed by atoms with van der Waals surface area (Å²) in [5, 5.41) is 2.82. The topological polar surface area (TPSA) is 103 Å². The average molecular weight is 511 g/mol. The number of amides is 1. The van der Waals surface area contributed by atoms with Gasteiger partial charge in [0.25, 0.3) is 15.9 Å². The molecule has 0 saturated carbocycles. The van der Waals surface area contributed by atoms with Gasteiger partial charge in [-0.05, 0) is 61.0 Å². The van der Waals surface area contributed by atoms with E-state index in [0.29, 0.717) is 28.7 Å². The lowest BCUT2D eigenvalue weighted by Gasteiger charge is -2.35. The van der Waals surface area contributed by atoms with Crippen LogP contribution in [0.5, 0.6) is 23.0 Å². The number of benzene rings is 3. The first kappa shape index (κ1) is 23.8. The van der Waals surface area contributed by atoms with E-state index in [-0.39, 0.29) is 30.7 Å². The van der Waals surface area contributed by atoms with Crippen molar-refractivity contribution < 1.29 is 32.2 Å². The molecule has 10 heteroatoms. The second-order valence-electron chi connectivity index (χ2n) is 8.53. The smallest absolute Gasteiger partial charge is 0.264 e. The van der Waals surface area contributed by atoms with E-state index >= 15 is 0 Å². The maximum atomic E-state index is 13.6. The van der Waals surface area contributed by atoms with E-state index in [4.69, 9.17) is 18.9 Å². The number of fused-ring (bicyclic) bond motifs is 2. The number of carbonyl (C=O) groups excluding carboxylic acids is 1.